The van der Waals surface area contributed by atoms with Crippen molar-refractivity contribution in [2.24, 2.45) is 11.8 Å². The Bertz CT molecular complexity index is 526. The lowest BCUT2D eigenvalue weighted by atomic mass is 9.75. The number of benzene rings is 1. The Balaban J connectivity index is 1.63. The van der Waals surface area contributed by atoms with Crippen molar-refractivity contribution in [3.05, 3.63) is 29.3 Å². The van der Waals surface area contributed by atoms with Crippen molar-refractivity contribution in [3.8, 4) is 0 Å². The summed E-state index contributed by atoms with van der Waals surface area (Å²) in [6.45, 7) is 5.99. The van der Waals surface area contributed by atoms with Crippen molar-refractivity contribution in [2.75, 3.05) is 18.4 Å². The highest BCUT2D eigenvalue weighted by atomic mass is 16.2. The third kappa shape index (κ3) is 3.22. The predicted octanol–water partition coefficient (Wildman–Crippen LogP) is 4.35. The molecule has 0 spiro atoms. The van der Waals surface area contributed by atoms with Gasteiger partial charge in [-0.05, 0) is 50.2 Å². The Morgan fingerprint density at radius 1 is 1.14 bits per heavy atom. The summed E-state index contributed by atoms with van der Waals surface area (Å²) >= 11 is 0. The first-order valence-electron chi connectivity index (χ1n) is 8.26. The molecule has 1 aliphatic carbocycles. The Morgan fingerprint density at radius 3 is 2.67 bits per heavy atom. The first-order chi connectivity index (χ1) is 10.1. The summed E-state index contributed by atoms with van der Waals surface area (Å²) in [5.74, 6) is 1.60. The molecule has 3 heteroatoms. The van der Waals surface area contributed by atoms with E-state index in [1.807, 2.05) is 11.0 Å². The minimum atomic E-state index is 0.0750. The van der Waals surface area contributed by atoms with Gasteiger partial charge in [-0.25, -0.2) is 4.79 Å². The first kappa shape index (κ1) is 14.4. The lowest BCUT2D eigenvalue weighted by Gasteiger charge is -2.41. The van der Waals surface area contributed by atoms with Crippen molar-refractivity contribution in [1.82, 2.24) is 4.90 Å². The van der Waals surface area contributed by atoms with Crippen LogP contribution in [-0.4, -0.2) is 24.0 Å². The van der Waals surface area contributed by atoms with E-state index in [4.69, 9.17) is 0 Å². The number of hydrogen-bond donors (Lipinski definition) is 1. The van der Waals surface area contributed by atoms with Gasteiger partial charge in [-0.3, -0.25) is 0 Å². The number of carbonyl (C=O) groups excluding carboxylic acids is 1. The highest BCUT2D eigenvalue weighted by Crippen LogP contribution is 2.36. The van der Waals surface area contributed by atoms with Crippen LogP contribution in [0, 0.1) is 25.7 Å². The van der Waals surface area contributed by atoms with E-state index in [0.717, 1.165) is 36.2 Å². The van der Waals surface area contributed by atoms with Crippen molar-refractivity contribution in [2.45, 2.75) is 46.0 Å². The number of urea groups is 1. The monoisotopic (exact) mass is 286 g/mol. The molecule has 1 aromatic rings. The van der Waals surface area contributed by atoms with Crippen LogP contribution < -0.4 is 5.32 Å². The van der Waals surface area contributed by atoms with E-state index in [9.17, 15) is 4.79 Å². The largest absolute Gasteiger partial charge is 0.324 e. The average molecular weight is 286 g/mol. The number of aryl methyl sites for hydroxylation is 2. The van der Waals surface area contributed by atoms with Gasteiger partial charge in [-0.2, -0.15) is 0 Å². The number of nitrogens with one attached hydrogen (secondary N) is 1. The van der Waals surface area contributed by atoms with Gasteiger partial charge in [-0.1, -0.05) is 37.0 Å². The minimum absolute atomic E-state index is 0.0750. The molecule has 0 radical (unpaired) electrons. The summed E-state index contributed by atoms with van der Waals surface area (Å²) < 4.78 is 0. The molecule has 1 aliphatic heterocycles. The van der Waals surface area contributed by atoms with Gasteiger partial charge in [0, 0.05) is 18.8 Å². The highest BCUT2D eigenvalue weighted by Gasteiger charge is 2.32. The van der Waals surface area contributed by atoms with Gasteiger partial charge in [0.2, 0.25) is 0 Å². The van der Waals surface area contributed by atoms with Crippen LogP contribution in [0.2, 0.25) is 0 Å². The fourth-order valence-corrected chi connectivity index (χ4v) is 3.93. The van der Waals surface area contributed by atoms with Crippen molar-refractivity contribution in [1.29, 1.82) is 0 Å². The fourth-order valence-electron chi connectivity index (χ4n) is 3.93. The quantitative estimate of drug-likeness (QED) is 0.818. The molecule has 0 bridgehead atoms. The minimum Gasteiger partial charge on any atom is -0.324 e. The smallest absolute Gasteiger partial charge is 0.321 e. The fraction of sp³-hybridized carbons (Fsp3) is 0.611. The molecule has 2 aliphatic rings. The van der Waals surface area contributed by atoms with Crippen molar-refractivity contribution < 1.29 is 4.79 Å². The summed E-state index contributed by atoms with van der Waals surface area (Å²) in [5, 5.41) is 3.09. The number of rotatable bonds is 1. The zero-order chi connectivity index (χ0) is 14.8. The second-order valence-electron chi connectivity index (χ2n) is 6.79. The van der Waals surface area contributed by atoms with Crippen LogP contribution in [0.4, 0.5) is 10.5 Å². The zero-order valence-corrected chi connectivity index (χ0v) is 13.2. The maximum Gasteiger partial charge on any atom is 0.321 e. The van der Waals surface area contributed by atoms with E-state index in [0.29, 0.717) is 0 Å². The molecule has 21 heavy (non-hydrogen) atoms. The summed E-state index contributed by atoms with van der Waals surface area (Å²) in [6, 6.07) is 6.25. The van der Waals surface area contributed by atoms with E-state index >= 15 is 0 Å². The van der Waals surface area contributed by atoms with Crippen LogP contribution in [0.15, 0.2) is 18.2 Å². The number of piperidine rings is 1. The lowest BCUT2D eigenvalue weighted by molar-refractivity contribution is 0.108. The van der Waals surface area contributed by atoms with Crippen molar-refractivity contribution in [3.63, 3.8) is 0 Å². The average Bonchev–Trinajstić information content (AvgIpc) is 2.49. The third-order valence-corrected chi connectivity index (χ3v) is 5.20. The van der Waals surface area contributed by atoms with Crippen LogP contribution in [0.25, 0.3) is 0 Å². The first-order valence-corrected chi connectivity index (χ1v) is 8.26. The Hall–Kier alpha value is -1.51. The third-order valence-electron chi connectivity index (χ3n) is 5.20. The summed E-state index contributed by atoms with van der Waals surface area (Å²) in [7, 11) is 0. The van der Waals surface area contributed by atoms with Gasteiger partial charge in [0.05, 0.1) is 0 Å². The molecule has 3 nitrogen and oxygen atoms in total. The molecule has 1 heterocycles. The molecular formula is C18H26N2O. The zero-order valence-electron chi connectivity index (χ0n) is 13.2. The number of anilines is 1. The normalized spacial score (nSPS) is 25.3. The summed E-state index contributed by atoms with van der Waals surface area (Å²) in [6.07, 6.45) is 6.59. The van der Waals surface area contributed by atoms with Gasteiger partial charge in [0.25, 0.3) is 0 Å². The van der Waals surface area contributed by atoms with Crippen LogP contribution in [0.3, 0.4) is 0 Å². The number of amides is 2. The number of likely N-dealkylation sites (tertiary alicyclic amines) is 1. The SMILES string of the molecule is Cc1ccc(NC(=O)N2CCC3CCCCC3C2)c(C)c1. The molecular weight excluding hydrogens is 260 g/mol. The number of fused-ring (bicyclic) bond motifs is 1. The molecule has 1 aromatic carbocycles. The molecule has 114 valence electrons. The number of carbonyl (C=O) groups is 1. The molecule has 2 fully saturated rings. The molecule has 1 saturated heterocycles. The highest BCUT2D eigenvalue weighted by molar-refractivity contribution is 5.90. The van der Waals surface area contributed by atoms with Crippen LogP contribution >= 0.6 is 0 Å². The number of hydrogen-bond acceptors (Lipinski definition) is 1. The lowest BCUT2D eigenvalue weighted by Crippen LogP contribution is -2.46. The van der Waals surface area contributed by atoms with E-state index in [1.54, 1.807) is 0 Å². The molecule has 2 unspecified atom stereocenters. The van der Waals surface area contributed by atoms with Gasteiger partial charge in [0.1, 0.15) is 0 Å². The van der Waals surface area contributed by atoms with Crippen LogP contribution in [0.1, 0.15) is 43.2 Å². The van der Waals surface area contributed by atoms with Crippen LogP contribution in [-0.2, 0) is 0 Å². The molecule has 2 amide bonds. The molecule has 1 N–H and O–H groups in total. The van der Waals surface area contributed by atoms with Gasteiger partial charge < -0.3 is 10.2 Å². The van der Waals surface area contributed by atoms with Gasteiger partial charge in [-0.15, -0.1) is 0 Å². The van der Waals surface area contributed by atoms with E-state index in [1.165, 1.54) is 37.7 Å². The Morgan fingerprint density at radius 2 is 1.90 bits per heavy atom. The second-order valence-corrected chi connectivity index (χ2v) is 6.79. The van der Waals surface area contributed by atoms with Gasteiger partial charge >= 0.3 is 6.03 Å². The van der Waals surface area contributed by atoms with Crippen molar-refractivity contribution >= 4 is 11.7 Å². The van der Waals surface area contributed by atoms with Gasteiger partial charge in [0.15, 0.2) is 0 Å². The molecule has 1 saturated carbocycles. The molecule has 2 atom stereocenters. The molecule has 3 rings (SSSR count). The van der Waals surface area contributed by atoms with E-state index in [2.05, 4.69) is 31.3 Å². The Kier molecular flexibility index (Phi) is 4.18. The summed E-state index contributed by atoms with van der Waals surface area (Å²) in [4.78, 5) is 14.5. The second kappa shape index (κ2) is 6.08. The maximum absolute atomic E-state index is 12.5. The summed E-state index contributed by atoms with van der Waals surface area (Å²) in [5.41, 5.74) is 3.31. The topological polar surface area (TPSA) is 32.3 Å². The number of nitrogens with zero attached hydrogens (tertiary/aromatic N) is 1. The maximum atomic E-state index is 12.5. The predicted molar refractivity (Wildman–Crippen MR) is 86.6 cm³/mol. The molecule has 0 aromatic heterocycles. The van der Waals surface area contributed by atoms with E-state index in [-0.39, 0.29) is 6.03 Å². The van der Waals surface area contributed by atoms with E-state index < -0.39 is 0 Å². The van der Waals surface area contributed by atoms with Crippen LogP contribution in [0.5, 0.6) is 0 Å². The standard InChI is InChI=1S/C18H26N2O/c1-13-7-8-17(14(2)11-13)19-18(21)20-10-9-15-5-3-4-6-16(15)12-20/h7-8,11,15-16H,3-6,9-10,12H2,1-2H3,(H,19,21). The Labute approximate surface area is 127 Å².